The average molecular weight is 270 g/mol. The Kier molecular flexibility index (Phi) is 4.29. The lowest BCUT2D eigenvalue weighted by Gasteiger charge is -2.37. The molecule has 0 aromatic rings. The Balaban J connectivity index is 1.89. The molecule has 0 aromatic carbocycles. The highest BCUT2D eigenvalue weighted by molar-refractivity contribution is 5.77. The molecule has 6 nitrogen and oxygen atoms in total. The van der Waals surface area contributed by atoms with Crippen LogP contribution in [0.5, 0.6) is 0 Å². The molecule has 2 saturated heterocycles. The van der Waals surface area contributed by atoms with Crippen LogP contribution in [0.1, 0.15) is 39.0 Å². The molecule has 2 bridgehead atoms. The summed E-state index contributed by atoms with van der Waals surface area (Å²) in [6.07, 6.45) is 3.35. The maximum Gasteiger partial charge on any atom is 0.317 e. The van der Waals surface area contributed by atoms with Crippen molar-refractivity contribution < 1.29 is 19.8 Å². The minimum absolute atomic E-state index is 0.110. The highest BCUT2D eigenvalue weighted by Crippen LogP contribution is 2.35. The summed E-state index contributed by atoms with van der Waals surface area (Å²) in [6, 6.07) is 0.0383. The SMILES string of the molecule is CCC(CNC(=O)N1C2CCC1CC(O)C2)C(=O)O. The fourth-order valence-electron chi connectivity index (χ4n) is 3.19. The fraction of sp³-hybridized carbons (Fsp3) is 0.846. The van der Waals surface area contributed by atoms with Gasteiger partial charge in [-0.3, -0.25) is 4.79 Å². The molecule has 2 heterocycles. The van der Waals surface area contributed by atoms with Crippen LogP contribution in [0.15, 0.2) is 0 Å². The molecule has 0 aliphatic carbocycles. The standard InChI is InChI=1S/C13H22N2O4/c1-2-8(12(17)18)7-14-13(19)15-9-3-4-10(15)6-11(16)5-9/h8-11,16H,2-7H2,1H3,(H,14,19)(H,17,18). The second kappa shape index (κ2) is 5.77. The monoisotopic (exact) mass is 270 g/mol. The average Bonchev–Trinajstić information content (AvgIpc) is 2.62. The van der Waals surface area contributed by atoms with Gasteiger partial charge in [-0.15, -0.1) is 0 Å². The van der Waals surface area contributed by atoms with Crippen LogP contribution in [-0.2, 0) is 4.79 Å². The summed E-state index contributed by atoms with van der Waals surface area (Å²) in [5.41, 5.74) is 0. The Labute approximate surface area is 112 Å². The molecule has 0 spiro atoms. The van der Waals surface area contributed by atoms with E-state index < -0.39 is 11.9 Å². The predicted octanol–water partition coefficient (Wildman–Crippen LogP) is 0.794. The lowest BCUT2D eigenvalue weighted by molar-refractivity contribution is -0.141. The minimum Gasteiger partial charge on any atom is -0.481 e. The molecule has 6 heteroatoms. The molecular weight excluding hydrogens is 248 g/mol. The van der Waals surface area contributed by atoms with Crippen molar-refractivity contribution in [2.75, 3.05) is 6.54 Å². The van der Waals surface area contributed by atoms with Gasteiger partial charge in [-0.2, -0.15) is 0 Å². The number of hydrogen-bond donors (Lipinski definition) is 3. The van der Waals surface area contributed by atoms with Gasteiger partial charge in [0.2, 0.25) is 0 Å². The van der Waals surface area contributed by atoms with Crippen LogP contribution in [-0.4, -0.2) is 51.8 Å². The van der Waals surface area contributed by atoms with Crippen LogP contribution in [0.4, 0.5) is 4.79 Å². The summed E-state index contributed by atoms with van der Waals surface area (Å²) >= 11 is 0. The molecule has 2 amide bonds. The topological polar surface area (TPSA) is 89.9 Å². The van der Waals surface area contributed by atoms with Crippen LogP contribution in [0.3, 0.4) is 0 Å². The number of aliphatic carboxylic acids is 1. The molecular formula is C13H22N2O4. The Morgan fingerprint density at radius 2 is 1.89 bits per heavy atom. The van der Waals surface area contributed by atoms with Crippen molar-refractivity contribution in [3.05, 3.63) is 0 Å². The smallest absolute Gasteiger partial charge is 0.317 e. The molecule has 19 heavy (non-hydrogen) atoms. The van der Waals surface area contributed by atoms with E-state index in [4.69, 9.17) is 5.11 Å². The molecule has 0 saturated carbocycles. The van der Waals surface area contributed by atoms with Gasteiger partial charge >= 0.3 is 12.0 Å². The number of rotatable bonds is 4. The highest BCUT2D eigenvalue weighted by Gasteiger charge is 2.42. The van der Waals surface area contributed by atoms with E-state index in [1.54, 1.807) is 11.8 Å². The number of piperidine rings is 1. The second-order valence-corrected chi connectivity index (χ2v) is 5.55. The number of carboxylic acids is 1. The first kappa shape index (κ1) is 14.1. The summed E-state index contributed by atoms with van der Waals surface area (Å²) in [5, 5.41) is 21.4. The fourth-order valence-corrected chi connectivity index (χ4v) is 3.19. The van der Waals surface area contributed by atoms with Crippen molar-refractivity contribution in [2.24, 2.45) is 5.92 Å². The molecule has 108 valence electrons. The third kappa shape index (κ3) is 3.00. The number of amides is 2. The maximum atomic E-state index is 12.1. The van der Waals surface area contributed by atoms with E-state index in [-0.39, 0.29) is 30.8 Å². The molecule has 2 aliphatic rings. The molecule has 3 unspecified atom stereocenters. The third-order valence-electron chi connectivity index (χ3n) is 4.28. The van der Waals surface area contributed by atoms with E-state index in [0.29, 0.717) is 19.3 Å². The van der Waals surface area contributed by atoms with E-state index in [0.717, 1.165) is 12.8 Å². The zero-order chi connectivity index (χ0) is 14.0. The van der Waals surface area contributed by atoms with Crippen molar-refractivity contribution in [3.63, 3.8) is 0 Å². The number of carbonyl (C=O) groups excluding carboxylic acids is 1. The van der Waals surface area contributed by atoms with Gasteiger partial charge in [0.1, 0.15) is 0 Å². The summed E-state index contributed by atoms with van der Waals surface area (Å²) in [5.74, 6) is -1.41. The first-order chi connectivity index (χ1) is 9.02. The van der Waals surface area contributed by atoms with Gasteiger partial charge in [0.15, 0.2) is 0 Å². The van der Waals surface area contributed by atoms with Crippen LogP contribution < -0.4 is 5.32 Å². The van der Waals surface area contributed by atoms with Crippen LogP contribution >= 0.6 is 0 Å². The highest BCUT2D eigenvalue weighted by atomic mass is 16.4. The van der Waals surface area contributed by atoms with Gasteiger partial charge < -0.3 is 20.4 Å². The quantitative estimate of drug-likeness (QED) is 0.704. The summed E-state index contributed by atoms with van der Waals surface area (Å²) in [6.45, 7) is 1.97. The van der Waals surface area contributed by atoms with Crippen LogP contribution in [0.2, 0.25) is 0 Å². The molecule has 2 rings (SSSR count). The van der Waals surface area contributed by atoms with Crippen LogP contribution in [0.25, 0.3) is 0 Å². The minimum atomic E-state index is -0.875. The van der Waals surface area contributed by atoms with Gasteiger partial charge in [0.05, 0.1) is 12.0 Å². The zero-order valence-electron chi connectivity index (χ0n) is 11.2. The number of carbonyl (C=O) groups is 2. The van der Waals surface area contributed by atoms with E-state index in [2.05, 4.69) is 5.32 Å². The molecule has 0 aromatic heterocycles. The normalized spacial score (nSPS) is 31.1. The number of urea groups is 1. The van der Waals surface area contributed by atoms with Crippen molar-refractivity contribution >= 4 is 12.0 Å². The van der Waals surface area contributed by atoms with E-state index in [1.165, 1.54) is 0 Å². The summed E-state index contributed by atoms with van der Waals surface area (Å²) < 4.78 is 0. The molecule has 2 fully saturated rings. The van der Waals surface area contributed by atoms with Crippen molar-refractivity contribution in [3.8, 4) is 0 Å². The molecule has 2 aliphatic heterocycles. The maximum absolute atomic E-state index is 12.1. The molecule has 3 atom stereocenters. The number of nitrogens with zero attached hydrogens (tertiary/aromatic N) is 1. The van der Waals surface area contributed by atoms with E-state index in [1.807, 2.05) is 0 Å². The Bertz CT molecular complexity index is 347. The van der Waals surface area contributed by atoms with Gasteiger partial charge in [0, 0.05) is 18.6 Å². The number of nitrogens with one attached hydrogen (secondary N) is 1. The number of carboxylic acid groups (broad SMARTS) is 1. The summed E-state index contributed by atoms with van der Waals surface area (Å²) in [4.78, 5) is 24.9. The van der Waals surface area contributed by atoms with Crippen molar-refractivity contribution in [1.82, 2.24) is 10.2 Å². The Morgan fingerprint density at radius 3 is 2.37 bits per heavy atom. The van der Waals surface area contributed by atoms with Crippen LogP contribution in [0, 0.1) is 5.92 Å². The zero-order valence-corrected chi connectivity index (χ0v) is 11.2. The Morgan fingerprint density at radius 1 is 1.32 bits per heavy atom. The number of aliphatic hydroxyl groups excluding tert-OH is 1. The van der Waals surface area contributed by atoms with Gasteiger partial charge in [-0.1, -0.05) is 6.92 Å². The largest absolute Gasteiger partial charge is 0.481 e. The number of aliphatic hydroxyl groups is 1. The van der Waals surface area contributed by atoms with Crippen molar-refractivity contribution in [1.29, 1.82) is 0 Å². The lowest BCUT2D eigenvalue weighted by atomic mass is 10.0. The first-order valence-corrected chi connectivity index (χ1v) is 7.00. The van der Waals surface area contributed by atoms with E-state index >= 15 is 0 Å². The summed E-state index contributed by atoms with van der Waals surface area (Å²) in [7, 11) is 0. The number of hydrogen-bond acceptors (Lipinski definition) is 3. The lowest BCUT2D eigenvalue weighted by Crippen LogP contribution is -2.52. The van der Waals surface area contributed by atoms with E-state index in [9.17, 15) is 14.7 Å². The molecule has 0 radical (unpaired) electrons. The number of fused-ring (bicyclic) bond motifs is 2. The van der Waals surface area contributed by atoms with Gasteiger partial charge in [0.25, 0.3) is 0 Å². The first-order valence-electron chi connectivity index (χ1n) is 7.00. The molecule has 3 N–H and O–H groups in total. The second-order valence-electron chi connectivity index (χ2n) is 5.55. The van der Waals surface area contributed by atoms with Gasteiger partial charge in [-0.05, 0) is 32.1 Å². The van der Waals surface area contributed by atoms with Gasteiger partial charge in [-0.25, -0.2) is 4.79 Å². The Hall–Kier alpha value is -1.30. The van der Waals surface area contributed by atoms with Crippen molar-refractivity contribution in [2.45, 2.75) is 57.2 Å². The third-order valence-corrected chi connectivity index (χ3v) is 4.28. The predicted molar refractivity (Wildman–Crippen MR) is 68.7 cm³/mol.